The molecule has 1 aliphatic heterocycles. The average Bonchev–Trinajstić information content (AvgIpc) is 3.25. The molecule has 0 aliphatic carbocycles. The number of nitrogens with zero attached hydrogens (tertiary/aromatic N) is 4. The molecule has 0 atom stereocenters. The number of likely N-dealkylation sites (tertiary alicyclic amines) is 1. The third-order valence-electron chi connectivity index (χ3n) is 4.71. The summed E-state index contributed by atoms with van der Waals surface area (Å²) >= 11 is 0. The fourth-order valence-corrected chi connectivity index (χ4v) is 3.31. The molecular weight excluding hydrogens is 340 g/mol. The second kappa shape index (κ2) is 8.24. The molecule has 3 rings (SSSR count). The summed E-state index contributed by atoms with van der Waals surface area (Å²) in [6, 6.07) is 9.66. The molecule has 0 bridgehead atoms. The first kappa shape index (κ1) is 18.9. The highest BCUT2D eigenvalue weighted by Gasteiger charge is 2.30. The van der Waals surface area contributed by atoms with Gasteiger partial charge in [-0.05, 0) is 35.6 Å². The number of carbonyl (C=O) groups excluding carboxylic acids is 1. The minimum absolute atomic E-state index is 0.0982. The van der Waals surface area contributed by atoms with Gasteiger partial charge in [0, 0.05) is 44.8 Å². The van der Waals surface area contributed by atoms with Gasteiger partial charge in [0.05, 0.1) is 0 Å². The molecule has 7 nitrogen and oxygen atoms in total. The smallest absolute Gasteiger partial charge is 0.246 e. The van der Waals surface area contributed by atoms with E-state index < -0.39 is 0 Å². The van der Waals surface area contributed by atoms with Crippen LogP contribution in [0.2, 0.25) is 0 Å². The van der Waals surface area contributed by atoms with Gasteiger partial charge >= 0.3 is 0 Å². The number of hydrogen-bond acceptors (Lipinski definition) is 3. The minimum atomic E-state index is -0.0982. The summed E-state index contributed by atoms with van der Waals surface area (Å²) in [5, 5.41) is 10.4. The molecule has 27 heavy (non-hydrogen) atoms. The number of carbonyl (C=O) groups is 1. The van der Waals surface area contributed by atoms with Gasteiger partial charge in [0.15, 0.2) is 5.96 Å². The van der Waals surface area contributed by atoms with Gasteiger partial charge in [-0.2, -0.15) is 5.10 Å². The third-order valence-corrected chi connectivity index (χ3v) is 4.71. The molecule has 7 heteroatoms. The fourth-order valence-electron chi connectivity index (χ4n) is 3.31. The van der Waals surface area contributed by atoms with Crippen molar-refractivity contribution in [2.75, 3.05) is 25.5 Å². The van der Waals surface area contributed by atoms with Crippen molar-refractivity contribution in [3.63, 3.8) is 0 Å². The molecule has 0 saturated carbocycles. The Morgan fingerprint density at radius 3 is 2.85 bits per heavy atom. The van der Waals surface area contributed by atoms with E-state index in [1.807, 2.05) is 31.3 Å². The second-order valence-corrected chi connectivity index (χ2v) is 7.69. The number of nitrogens with one attached hydrogen (secondary N) is 2. The Morgan fingerprint density at radius 2 is 2.19 bits per heavy atom. The summed E-state index contributed by atoms with van der Waals surface area (Å²) < 4.78 is 1.60. The Kier molecular flexibility index (Phi) is 5.78. The topological polar surface area (TPSA) is 74.5 Å². The predicted octanol–water partition coefficient (Wildman–Crippen LogP) is 2.33. The van der Waals surface area contributed by atoms with E-state index in [1.165, 1.54) is 6.42 Å². The number of anilines is 1. The van der Waals surface area contributed by atoms with Crippen LogP contribution < -0.4 is 10.6 Å². The molecule has 144 valence electrons. The van der Waals surface area contributed by atoms with Crippen molar-refractivity contribution >= 4 is 17.6 Å². The van der Waals surface area contributed by atoms with Gasteiger partial charge in [-0.3, -0.25) is 14.5 Å². The minimum Gasteiger partial charge on any atom is -0.352 e. The van der Waals surface area contributed by atoms with E-state index in [0.717, 1.165) is 30.3 Å². The monoisotopic (exact) mass is 368 g/mol. The quantitative estimate of drug-likeness (QED) is 0.627. The van der Waals surface area contributed by atoms with Crippen molar-refractivity contribution in [2.45, 2.75) is 33.4 Å². The predicted molar refractivity (Wildman–Crippen MR) is 107 cm³/mol. The Labute approximate surface area is 160 Å². The van der Waals surface area contributed by atoms with Crippen LogP contribution in [0.25, 0.3) is 0 Å². The van der Waals surface area contributed by atoms with E-state index in [1.54, 1.807) is 23.1 Å². The highest BCUT2D eigenvalue weighted by Crippen LogP contribution is 2.28. The van der Waals surface area contributed by atoms with Crippen molar-refractivity contribution in [1.29, 1.82) is 0 Å². The van der Waals surface area contributed by atoms with Gasteiger partial charge in [0.25, 0.3) is 0 Å². The Bertz CT molecular complexity index is 797. The fraction of sp³-hybridized carbons (Fsp3) is 0.450. The molecule has 2 N–H and O–H groups in total. The summed E-state index contributed by atoms with van der Waals surface area (Å²) in [7, 11) is 1.82. The van der Waals surface area contributed by atoms with Gasteiger partial charge < -0.3 is 15.5 Å². The zero-order valence-corrected chi connectivity index (χ0v) is 16.3. The van der Waals surface area contributed by atoms with Crippen LogP contribution in [0.4, 0.5) is 5.69 Å². The van der Waals surface area contributed by atoms with Crippen LogP contribution in [0, 0.1) is 5.41 Å². The summed E-state index contributed by atoms with van der Waals surface area (Å²) in [6.45, 7) is 7.47. The van der Waals surface area contributed by atoms with E-state index in [9.17, 15) is 4.79 Å². The first-order valence-corrected chi connectivity index (χ1v) is 9.27. The molecule has 0 unspecified atom stereocenters. The van der Waals surface area contributed by atoms with Crippen LogP contribution in [0.5, 0.6) is 0 Å². The Morgan fingerprint density at radius 1 is 1.33 bits per heavy atom. The summed E-state index contributed by atoms with van der Waals surface area (Å²) in [4.78, 5) is 18.8. The SMILES string of the molecule is CN=C(NCc1cccc(NC(=O)Cn2cccn2)c1)N1CCC(C)(C)C1. The molecule has 1 amide bonds. The maximum atomic E-state index is 12.1. The maximum Gasteiger partial charge on any atom is 0.246 e. The van der Waals surface area contributed by atoms with Crippen LogP contribution in [0.3, 0.4) is 0 Å². The number of guanidine groups is 1. The summed E-state index contributed by atoms with van der Waals surface area (Å²) in [5.74, 6) is 0.826. The molecule has 0 spiro atoms. The lowest BCUT2D eigenvalue weighted by atomic mass is 9.93. The molecular formula is C20H28N6O. The van der Waals surface area contributed by atoms with Crippen molar-refractivity contribution in [1.82, 2.24) is 20.0 Å². The Balaban J connectivity index is 1.55. The van der Waals surface area contributed by atoms with Crippen molar-refractivity contribution in [2.24, 2.45) is 10.4 Å². The standard InChI is InChI=1S/C20H28N6O/c1-20(2)8-11-25(15-20)19(21-3)22-13-16-6-4-7-17(12-16)24-18(27)14-26-10-5-9-23-26/h4-7,9-10,12H,8,11,13-15H2,1-3H3,(H,21,22)(H,24,27). The van der Waals surface area contributed by atoms with E-state index in [4.69, 9.17) is 0 Å². The van der Waals surface area contributed by atoms with Crippen LogP contribution in [-0.4, -0.2) is 46.7 Å². The van der Waals surface area contributed by atoms with Gasteiger partial charge in [0.2, 0.25) is 5.91 Å². The zero-order valence-electron chi connectivity index (χ0n) is 16.3. The molecule has 1 aliphatic rings. The lowest BCUT2D eigenvalue weighted by Crippen LogP contribution is -2.40. The van der Waals surface area contributed by atoms with Gasteiger partial charge in [0.1, 0.15) is 6.54 Å². The van der Waals surface area contributed by atoms with Crippen LogP contribution in [0.15, 0.2) is 47.7 Å². The van der Waals surface area contributed by atoms with Crippen molar-refractivity contribution in [3.05, 3.63) is 48.3 Å². The second-order valence-electron chi connectivity index (χ2n) is 7.69. The first-order chi connectivity index (χ1) is 12.9. The number of aliphatic imine (C=N–C) groups is 1. The van der Waals surface area contributed by atoms with Gasteiger partial charge in [-0.15, -0.1) is 0 Å². The third kappa shape index (κ3) is 5.32. The molecule has 2 aromatic rings. The maximum absolute atomic E-state index is 12.1. The summed E-state index contributed by atoms with van der Waals surface area (Å²) in [5.41, 5.74) is 2.20. The van der Waals surface area contributed by atoms with E-state index in [0.29, 0.717) is 12.0 Å². The highest BCUT2D eigenvalue weighted by molar-refractivity contribution is 5.90. The molecule has 1 aromatic heterocycles. The van der Waals surface area contributed by atoms with Crippen molar-refractivity contribution in [3.8, 4) is 0 Å². The number of rotatable bonds is 5. The van der Waals surface area contributed by atoms with Crippen LogP contribution >= 0.6 is 0 Å². The summed E-state index contributed by atoms with van der Waals surface area (Å²) in [6.07, 6.45) is 4.60. The van der Waals surface area contributed by atoms with Crippen molar-refractivity contribution < 1.29 is 4.79 Å². The average molecular weight is 368 g/mol. The number of aromatic nitrogens is 2. The normalized spacial score (nSPS) is 16.4. The van der Waals surface area contributed by atoms with E-state index >= 15 is 0 Å². The largest absolute Gasteiger partial charge is 0.352 e. The lowest BCUT2D eigenvalue weighted by molar-refractivity contribution is -0.116. The molecule has 0 radical (unpaired) electrons. The number of amides is 1. The number of benzene rings is 1. The highest BCUT2D eigenvalue weighted by atomic mass is 16.2. The van der Waals surface area contributed by atoms with Gasteiger partial charge in [-0.25, -0.2) is 0 Å². The molecule has 1 saturated heterocycles. The van der Waals surface area contributed by atoms with Crippen LogP contribution in [0.1, 0.15) is 25.8 Å². The van der Waals surface area contributed by atoms with E-state index in [-0.39, 0.29) is 12.5 Å². The lowest BCUT2D eigenvalue weighted by Gasteiger charge is -2.23. The Hall–Kier alpha value is -2.83. The molecule has 2 heterocycles. The number of hydrogen-bond donors (Lipinski definition) is 2. The van der Waals surface area contributed by atoms with E-state index in [2.05, 4.69) is 39.5 Å². The molecule has 1 aromatic carbocycles. The first-order valence-electron chi connectivity index (χ1n) is 9.27. The zero-order chi connectivity index (χ0) is 19.3. The van der Waals surface area contributed by atoms with Crippen LogP contribution in [-0.2, 0) is 17.9 Å². The molecule has 1 fully saturated rings. The van der Waals surface area contributed by atoms with Gasteiger partial charge in [-0.1, -0.05) is 26.0 Å².